The SMILES string of the molecule is Cc1ccc(C)c(C(O)=C2C(=O)C(=O)N(c3nnc(C)s3)[C@@H]2c2ccc(C(C)C)cc2)c1. The highest BCUT2D eigenvalue weighted by molar-refractivity contribution is 7.15. The Bertz CT molecular complexity index is 1240. The van der Waals surface area contributed by atoms with E-state index >= 15 is 0 Å². The van der Waals surface area contributed by atoms with Gasteiger partial charge in [0, 0.05) is 5.56 Å². The van der Waals surface area contributed by atoms with E-state index in [0.717, 1.165) is 22.3 Å². The minimum absolute atomic E-state index is 0.0638. The van der Waals surface area contributed by atoms with Crippen LogP contribution in [0.4, 0.5) is 5.13 Å². The lowest BCUT2D eigenvalue weighted by atomic mass is 9.92. The Balaban J connectivity index is 1.95. The van der Waals surface area contributed by atoms with Gasteiger partial charge in [0.1, 0.15) is 10.8 Å². The first-order valence-corrected chi connectivity index (χ1v) is 11.3. The Kier molecular flexibility index (Phi) is 5.69. The van der Waals surface area contributed by atoms with Crippen molar-refractivity contribution < 1.29 is 14.7 Å². The monoisotopic (exact) mass is 447 g/mol. The first kappa shape index (κ1) is 21.9. The van der Waals surface area contributed by atoms with Gasteiger partial charge < -0.3 is 5.11 Å². The van der Waals surface area contributed by atoms with Gasteiger partial charge in [-0.05, 0) is 49.4 Å². The fourth-order valence-corrected chi connectivity index (χ4v) is 4.64. The van der Waals surface area contributed by atoms with Gasteiger partial charge >= 0.3 is 5.91 Å². The number of aliphatic hydroxyl groups excluding tert-OH is 1. The number of carbonyl (C=O) groups excluding carboxylic acids is 2. The van der Waals surface area contributed by atoms with Crippen molar-refractivity contribution in [3.63, 3.8) is 0 Å². The molecule has 0 spiro atoms. The highest BCUT2D eigenvalue weighted by Gasteiger charge is 2.48. The van der Waals surface area contributed by atoms with E-state index in [1.54, 1.807) is 6.92 Å². The number of aryl methyl sites for hydroxylation is 3. The van der Waals surface area contributed by atoms with Crippen LogP contribution in [0.3, 0.4) is 0 Å². The minimum atomic E-state index is -0.788. The number of rotatable bonds is 4. The predicted molar refractivity (Wildman–Crippen MR) is 126 cm³/mol. The molecule has 1 aliphatic rings. The Morgan fingerprint density at radius 3 is 2.31 bits per heavy atom. The van der Waals surface area contributed by atoms with Gasteiger partial charge in [0.05, 0.1) is 11.6 Å². The lowest BCUT2D eigenvalue weighted by Crippen LogP contribution is -2.29. The summed E-state index contributed by atoms with van der Waals surface area (Å²) in [5.41, 5.74) is 4.25. The fraction of sp³-hybridized carbons (Fsp3) is 0.280. The third kappa shape index (κ3) is 3.73. The highest BCUT2D eigenvalue weighted by Crippen LogP contribution is 2.43. The van der Waals surface area contributed by atoms with Crippen molar-refractivity contribution in [2.75, 3.05) is 4.90 Å². The number of carbonyl (C=O) groups is 2. The normalized spacial score (nSPS) is 18.1. The molecule has 32 heavy (non-hydrogen) atoms. The maximum atomic E-state index is 13.2. The summed E-state index contributed by atoms with van der Waals surface area (Å²) in [6.07, 6.45) is 0. The molecule has 0 radical (unpaired) electrons. The van der Waals surface area contributed by atoms with Gasteiger partial charge in [-0.1, -0.05) is 67.1 Å². The van der Waals surface area contributed by atoms with E-state index in [1.807, 2.05) is 56.3 Å². The quantitative estimate of drug-likeness (QED) is 0.337. The fourth-order valence-electron chi connectivity index (χ4n) is 3.93. The van der Waals surface area contributed by atoms with Gasteiger partial charge in [-0.3, -0.25) is 14.5 Å². The maximum absolute atomic E-state index is 13.2. The number of hydrogen-bond donors (Lipinski definition) is 1. The maximum Gasteiger partial charge on any atom is 0.301 e. The van der Waals surface area contributed by atoms with Crippen molar-refractivity contribution in [3.8, 4) is 0 Å². The van der Waals surface area contributed by atoms with Crippen LogP contribution in [0.25, 0.3) is 5.76 Å². The van der Waals surface area contributed by atoms with Crippen molar-refractivity contribution in [3.05, 3.63) is 80.9 Å². The van der Waals surface area contributed by atoms with Gasteiger partial charge in [-0.25, -0.2) is 0 Å². The van der Waals surface area contributed by atoms with E-state index in [2.05, 4.69) is 24.0 Å². The van der Waals surface area contributed by atoms with Crippen molar-refractivity contribution in [2.45, 2.75) is 46.6 Å². The molecule has 0 bridgehead atoms. The molecule has 2 aromatic carbocycles. The Hall–Kier alpha value is -3.32. The molecule has 3 aromatic rings. The molecule has 4 rings (SSSR count). The van der Waals surface area contributed by atoms with Crippen LogP contribution in [0, 0.1) is 20.8 Å². The van der Waals surface area contributed by atoms with Crippen molar-refractivity contribution in [2.24, 2.45) is 0 Å². The van der Waals surface area contributed by atoms with Crippen LogP contribution in [-0.4, -0.2) is 27.0 Å². The van der Waals surface area contributed by atoms with E-state index in [0.29, 0.717) is 21.6 Å². The van der Waals surface area contributed by atoms with Gasteiger partial charge in [0.15, 0.2) is 0 Å². The average molecular weight is 448 g/mol. The van der Waals surface area contributed by atoms with Crippen molar-refractivity contribution >= 4 is 33.9 Å². The number of Topliss-reactive ketones (excluding diaryl/α,β-unsaturated/α-hetero) is 1. The van der Waals surface area contributed by atoms with Gasteiger partial charge in [0.2, 0.25) is 5.13 Å². The van der Waals surface area contributed by atoms with E-state index in [9.17, 15) is 14.7 Å². The lowest BCUT2D eigenvalue weighted by Gasteiger charge is -2.23. The molecule has 0 aliphatic carbocycles. The Labute approximate surface area is 191 Å². The number of aromatic nitrogens is 2. The Morgan fingerprint density at radius 1 is 1.03 bits per heavy atom. The van der Waals surface area contributed by atoms with Crippen LogP contribution in [0.5, 0.6) is 0 Å². The second-order valence-electron chi connectivity index (χ2n) is 8.41. The summed E-state index contributed by atoms with van der Waals surface area (Å²) in [5.74, 6) is -1.28. The minimum Gasteiger partial charge on any atom is -0.507 e. The van der Waals surface area contributed by atoms with Crippen LogP contribution >= 0.6 is 11.3 Å². The van der Waals surface area contributed by atoms with Gasteiger partial charge in [-0.15, -0.1) is 10.2 Å². The summed E-state index contributed by atoms with van der Waals surface area (Å²) in [4.78, 5) is 27.7. The lowest BCUT2D eigenvalue weighted by molar-refractivity contribution is -0.132. The van der Waals surface area contributed by atoms with E-state index in [-0.39, 0.29) is 11.3 Å². The molecule has 164 valence electrons. The van der Waals surface area contributed by atoms with Crippen molar-refractivity contribution in [1.29, 1.82) is 0 Å². The van der Waals surface area contributed by atoms with E-state index in [4.69, 9.17) is 0 Å². The first-order chi connectivity index (χ1) is 15.2. The predicted octanol–water partition coefficient (Wildman–Crippen LogP) is 5.21. The molecule has 7 heteroatoms. The molecule has 6 nitrogen and oxygen atoms in total. The molecule has 2 heterocycles. The largest absolute Gasteiger partial charge is 0.507 e. The summed E-state index contributed by atoms with van der Waals surface area (Å²) in [6, 6.07) is 12.7. The third-order valence-electron chi connectivity index (χ3n) is 5.73. The molecule has 1 atom stereocenters. The van der Waals surface area contributed by atoms with E-state index < -0.39 is 17.7 Å². The molecule has 1 saturated heterocycles. The van der Waals surface area contributed by atoms with Crippen LogP contribution in [-0.2, 0) is 9.59 Å². The third-order valence-corrected chi connectivity index (χ3v) is 6.57. The summed E-state index contributed by atoms with van der Waals surface area (Å²) < 4.78 is 0. The number of anilines is 1. The zero-order valence-corrected chi connectivity index (χ0v) is 19.5. The van der Waals surface area contributed by atoms with Crippen LogP contribution in [0.1, 0.15) is 58.6 Å². The second-order valence-corrected chi connectivity index (χ2v) is 9.57. The molecule has 1 amide bonds. The van der Waals surface area contributed by atoms with Crippen LogP contribution in [0.2, 0.25) is 0 Å². The van der Waals surface area contributed by atoms with Gasteiger partial charge in [0.25, 0.3) is 5.78 Å². The molecule has 0 unspecified atom stereocenters. The number of hydrogen-bond acceptors (Lipinski definition) is 6. The number of nitrogens with zero attached hydrogens (tertiary/aromatic N) is 3. The molecule has 1 N–H and O–H groups in total. The average Bonchev–Trinajstić information content (AvgIpc) is 3.30. The standard InChI is InChI=1S/C25H25N3O3S/c1-13(2)17-8-10-18(11-9-17)21-20(22(29)19-12-14(3)6-7-15(19)4)23(30)24(31)28(21)25-27-26-16(5)32-25/h6-13,21,29H,1-5H3/t21-/m1/s1. The zero-order valence-electron chi connectivity index (χ0n) is 18.7. The zero-order chi connectivity index (χ0) is 23.2. The first-order valence-electron chi connectivity index (χ1n) is 10.5. The highest BCUT2D eigenvalue weighted by atomic mass is 32.1. The van der Waals surface area contributed by atoms with E-state index in [1.165, 1.54) is 16.2 Å². The number of amides is 1. The molecule has 1 aromatic heterocycles. The number of benzene rings is 2. The molecular weight excluding hydrogens is 422 g/mol. The van der Waals surface area contributed by atoms with Crippen LogP contribution in [0.15, 0.2) is 48.0 Å². The second kappa shape index (κ2) is 8.31. The smallest absolute Gasteiger partial charge is 0.301 e. The van der Waals surface area contributed by atoms with Gasteiger partial charge in [-0.2, -0.15) is 0 Å². The Morgan fingerprint density at radius 2 is 1.72 bits per heavy atom. The van der Waals surface area contributed by atoms with Crippen molar-refractivity contribution in [1.82, 2.24) is 10.2 Å². The summed E-state index contributed by atoms with van der Waals surface area (Å²) in [5, 5.41) is 20.5. The molecule has 1 fully saturated rings. The molecule has 1 aliphatic heterocycles. The summed E-state index contributed by atoms with van der Waals surface area (Å²) in [6.45, 7) is 9.78. The summed E-state index contributed by atoms with van der Waals surface area (Å²) in [7, 11) is 0. The molecular formula is C25H25N3O3S. The topological polar surface area (TPSA) is 83.4 Å². The number of aliphatic hydroxyl groups is 1. The van der Waals surface area contributed by atoms with Crippen LogP contribution < -0.4 is 4.90 Å². The summed E-state index contributed by atoms with van der Waals surface area (Å²) >= 11 is 1.24. The molecule has 0 saturated carbocycles. The number of ketones is 1.